The Bertz CT molecular complexity index is 825. The summed E-state index contributed by atoms with van der Waals surface area (Å²) in [6.45, 7) is 3.06. The molecule has 4 rings (SSSR count). The smallest absolute Gasteiger partial charge is 0.353 e. The van der Waals surface area contributed by atoms with Crippen LogP contribution in [-0.4, -0.2) is 54.4 Å². The van der Waals surface area contributed by atoms with Gasteiger partial charge >= 0.3 is 5.69 Å². The van der Waals surface area contributed by atoms with Crippen molar-refractivity contribution in [2.24, 2.45) is 0 Å². The van der Waals surface area contributed by atoms with Crippen molar-refractivity contribution in [2.75, 3.05) is 49.7 Å². The lowest BCUT2D eigenvalue weighted by molar-refractivity contribution is -0.383. The molecule has 2 aliphatic heterocycles. The summed E-state index contributed by atoms with van der Waals surface area (Å²) in [6.07, 6.45) is 1.32. The van der Waals surface area contributed by atoms with Crippen molar-refractivity contribution in [2.45, 2.75) is 0 Å². The average Bonchev–Trinajstić information content (AvgIpc) is 2.68. The minimum absolute atomic E-state index is 0.128. The molecular formula is C16H17N5O5. The van der Waals surface area contributed by atoms with E-state index in [1.165, 1.54) is 6.33 Å². The van der Waals surface area contributed by atoms with Gasteiger partial charge in [-0.05, 0) is 12.1 Å². The van der Waals surface area contributed by atoms with Crippen molar-refractivity contribution in [3.63, 3.8) is 0 Å². The third-order valence-electron chi connectivity index (χ3n) is 4.10. The summed E-state index contributed by atoms with van der Waals surface area (Å²) in [5.41, 5.74) is 0.452. The summed E-state index contributed by atoms with van der Waals surface area (Å²) in [5, 5.41) is 14.7. The van der Waals surface area contributed by atoms with E-state index in [1.54, 1.807) is 18.2 Å². The van der Waals surface area contributed by atoms with Gasteiger partial charge in [-0.2, -0.15) is 0 Å². The van der Waals surface area contributed by atoms with Gasteiger partial charge in [0.25, 0.3) is 0 Å². The fraction of sp³-hybridized carbons (Fsp3) is 0.375. The van der Waals surface area contributed by atoms with Gasteiger partial charge in [-0.3, -0.25) is 10.1 Å². The lowest BCUT2D eigenvalue weighted by Gasteiger charge is -2.27. The summed E-state index contributed by atoms with van der Waals surface area (Å²) >= 11 is 0. The van der Waals surface area contributed by atoms with E-state index in [2.05, 4.69) is 15.3 Å². The largest absolute Gasteiger partial charge is 0.486 e. The number of nitrogens with zero attached hydrogens (tertiary/aromatic N) is 4. The molecule has 0 amide bonds. The predicted molar refractivity (Wildman–Crippen MR) is 92.4 cm³/mol. The van der Waals surface area contributed by atoms with Gasteiger partial charge in [-0.1, -0.05) is 0 Å². The van der Waals surface area contributed by atoms with Crippen LogP contribution in [0.1, 0.15) is 0 Å². The molecule has 0 atom stereocenters. The van der Waals surface area contributed by atoms with Crippen molar-refractivity contribution in [3.05, 3.63) is 34.6 Å². The van der Waals surface area contributed by atoms with Crippen molar-refractivity contribution in [3.8, 4) is 11.5 Å². The molecular weight excluding hydrogens is 342 g/mol. The van der Waals surface area contributed by atoms with Crippen LogP contribution in [-0.2, 0) is 4.74 Å². The van der Waals surface area contributed by atoms with Crippen molar-refractivity contribution in [1.29, 1.82) is 0 Å². The highest BCUT2D eigenvalue weighted by atomic mass is 16.6. The Morgan fingerprint density at radius 1 is 1.08 bits per heavy atom. The second kappa shape index (κ2) is 7.00. The van der Waals surface area contributed by atoms with E-state index in [4.69, 9.17) is 14.2 Å². The monoisotopic (exact) mass is 359 g/mol. The van der Waals surface area contributed by atoms with Gasteiger partial charge in [0, 0.05) is 24.8 Å². The fourth-order valence-electron chi connectivity index (χ4n) is 2.89. The van der Waals surface area contributed by atoms with Gasteiger partial charge in [-0.25, -0.2) is 9.97 Å². The first-order chi connectivity index (χ1) is 12.7. The molecule has 1 N–H and O–H groups in total. The maximum absolute atomic E-state index is 11.7. The highest BCUT2D eigenvalue weighted by Crippen LogP contribution is 2.37. The highest BCUT2D eigenvalue weighted by molar-refractivity contribution is 5.75. The Kier molecular flexibility index (Phi) is 4.40. The Morgan fingerprint density at radius 3 is 2.62 bits per heavy atom. The van der Waals surface area contributed by atoms with Gasteiger partial charge in [0.2, 0.25) is 11.6 Å². The molecule has 1 saturated heterocycles. The number of fused-ring (bicyclic) bond motifs is 1. The van der Waals surface area contributed by atoms with E-state index in [0.29, 0.717) is 56.7 Å². The molecule has 1 aromatic carbocycles. The van der Waals surface area contributed by atoms with Gasteiger partial charge in [0.05, 0.1) is 18.1 Å². The molecule has 1 fully saturated rings. The summed E-state index contributed by atoms with van der Waals surface area (Å²) in [6, 6.07) is 5.25. The van der Waals surface area contributed by atoms with E-state index >= 15 is 0 Å². The first-order valence-electron chi connectivity index (χ1n) is 8.21. The Hall–Kier alpha value is -3.14. The number of hydrogen-bond acceptors (Lipinski definition) is 9. The second-order valence-electron chi connectivity index (χ2n) is 5.73. The molecule has 3 heterocycles. The molecule has 0 radical (unpaired) electrons. The number of rotatable bonds is 4. The topological polar surface area (TPSA) is 112 Å². The van der Waals surface area contributed by atoms with E-state index < -0.39 is 4.92 Å². The summed E-state index contributed by atoms with van der Waals surface area (Å²) in [5.74, 6) is 1.65. The minimum Gasteiger partial charge on any atom is -0.486 e. The number of nitrogens with one attached hydrogen (secondary N) is 1. The van der Waals surface area contributed by atoms with E-state index in [-0.39, 0.29) is 17.3 Å². The lowest BCUT2D eigenvalue weighted by atomic mass is 10.2. The maximum atomic E-state index is 11.7. The van der Waals surface area contributed by atoms with Crippen LogP contribution < -0.4 is 19.7 Å². The lowest BCUT2D eigenvalue weighted by Crippen LogP contribution is -2.37. The van der Waals surface area contributed by atoms with E-state index in [0.717, 1.165) is 0 Å². The summed E-state index contributed by atoms with van der Waals surface area (Å²) in [7, 11) is 0. The first-order valence-corrected chi connectivity index (χ1v) is 8.21. The summed E-state index contributed by atoms with van der Waals surface area (Å²) in [4.78, 5) is 21.3. The Morgan fingerprint density at radius 2 is 1.85 bits per heavy atom. The van der Waals surface area contributed by atoms with Crippen molar-refractivity contribution in [1.82, 2.24) is 9.97 Å². The SMILES string of the molecule is O=[N+]([O-])c1c(Nc2ccc3c(c2)OCCO3)ncnc1N1CCOCC1. The number of anilines is 3. The molecule has 10 heteroatoms. The maximum Gasteiger partial charge on any atom is 0.353 e. The molecule has 0 spiro atoms. The van der Waals surface area contributed by atoms with Crippen molar-refractivity contribution >= 4 is 23.0 Å². The predicted octanol–water partition coefficient (Wildman–Crippen LogP) is 1.74. The molecule has 0 bridgehead atoms. The first kappa shape index (κ1) is 16.3. The van der Waals surface area contributed by atoms with Crippen LogP contribution in [0.5, 0.6) is 11.5 Å². The minimum atomic E-state index is -0.467. The molecule has 0 aliphatic carbocycles. The van der Waals surface area contributed by atoms with Gasteiger partial charge < -0.3 is 24.4 Å². The Labute approximate surface area is 148 Å². The number of aromatic nitrogens is 2. The molecule has 2 aliphatic rings. The van der Waals surface area contributed by atoms with E-state index in [9.17, 15) is 10.1 Å². The van der Waals surface area contributed by atoms with Crippen LogP contribution in [0.15, 0.2) is 24.5 Å². The van der Waals surface area contributed by atoms with Gasteiger partial charge in [-0.15, -0.1) is 0 Å². The van der Waals surface area contributed by atoms with Crippen LogP contribution in [0.3, 0.4) is 0 Å². The highest BCUT2D eigenvalue weighted by Gasteiger charge is 2.28. The van der Waals surface area contributed by atoms with Gasteiger partial charge in [0.1, 0.15) is 19.5 Å². The van der Waals surface area contributed by atoms with Crippen LogP contribution in [0.4, 0.5) is 23.0 Å². The zero-order chi connectivity index (χ0) is 17.9. The molecule has 136 valence electrons. The molecule has 26 heavy (non-hydrogen) atoms. The zero-order valence-electron chi connectivity index (χ0n) is 13.9. The Balaban J connectivity index is 1.66. The number of nitro groups is 1. The average molecular weight is 359 g/mol. The third-order valence-corrected chi connectivity index (χ3v) is 4.10. The number of ether oxygens (including phenoxy) is 3. The number of benzene rings is 1. The number of morpholine rings is 1. The normalized spacial score (nSPS) is 16.2. The summed E-state index contributed by atoms with van der Waals surface area (Å²) < 4.78 is 16.3. The quantitative estimate of drug-likeness (QED) is 0.644. The van der Waals surface area contributed by atoms with Crippen LogP contribution in [0, 0.1) is 10.1 Å². The van der Waals surface area contributed by atoms with Crippen LogP contribution in [0.2, 0.25) is 0 Å². The second-order valence-corrected chi connectivity index (χ2v) is 5.73. The molecule has 10 nitrogen and oxygen atoms in total. The van der Waals surface area contributed by atoms with Crippen LogP contribution in [0.25, 0.3) is 0 Å². The fourth-order valence-corrected chi connectivity index (χ4v) is 2.89. The number of hydrogen-bond donors (Lipinski definition) is 1. The van der Waals surface area contributed by atoms with Crippen molar-refractivity contribution < 1.29 is 19.1 Å². The molecule has 0 unspecified atom stereocenters. The standard InChI is InChI=1S/C16H17N5O5/c22-21(23)14-15(17-10-18-16(14)20-3-5-24-6-4-20)19-11-1-2-12-13(9-11)26-8-7-25-12/h1-2,9-10H,3-8H2,(H,17,18,19). The molecule has 1 aromatic heterocycles. The van der Waals surface area contributed by atoms with E-state index in [1.807, 2.05) is 4.90 Å². The van der Waals surface area contributed by atoms with Gasteiger partial charge in [0.15, 0.2) is 11.5 Å². The zero-order valence-corrected chi connectivity index (χ0v) is 13.9. The third kappa shape index (κ3) is 3.18. The molecule has 0 saturated carbocycles. The van der Waals surface area contributed by atoms with Crippen LogP contribution >= 0.6 is 0 Å². The molecule has 2 aromatic rings.